The van der Waals surface area contributed by atoms with Gasteiger partial charge in [0.05, 0.1) is 16.2 Å². The summed E-state index contributed by atoms with van der Waals surface area (Å²) in [6.45, 7) is 0.935. The van der Waals surface area contributed by atoms with E-state index in [1.54, 1.807) is 29.2 Å². The van der Waals surface area contributed by atoms with Gasteiger partial charge in [-0.05, 0) is 37.1 Å². The molecule has 0 unspecified atom stereocenters. The molecule has 1 fully saturated rings. The van der Waals surface area contributed by atoms with Crippen LogP contribution in [-0.4, -0.2) is 53.1 Å². The molecular weight excluding hydrogens is 458 g/mol. The van der Waals surface area contributed by atoms with E-state index in [-0.39, 0.29) is 33.6 Å². The number of nitrogens with zero attached hydrogens (tertiary/aromatic N) is 2. The van der Waals surface area contributed by atoms with E-state index in [1.165, 1.54) is 23.9 Å². The molecule has 1 N–H and O–H groups in total. The molecule has 0 radical (unpaired) electrons. The molecule has 0 aliphatic carbocycles. The summed E-state index contributed by atoms with van der Waals surface area (Å²) in [5, 5.41) is 13.3. The molecule has 1 heterocycles. The minimum Gasteiger partial charge on any atom is -0.452 e. The Labute approximate surface area is 193 Å². The summed E-state index contributed by atoms with van der Waals surface area (Å²) in [5.74, 6) is -1.14. The van der Waals surface area contributed by atoms with Crippen molar-refractivity contribution in [3.05, 3.63) is 63.2 Å². The van der Waals surface area contributed by atoms with Crippen molar-refractivity contribution in [1.29, 1.82) is 0 Å². The summed E-state index contributed by atoms with van der Waals surface area (Å²) in [5.41, 5.74) is 0.0519. The molecule has 168 valence electrons. The zero-order valence-electron chi connectivity index (χ0n) is 16.9. The van der Waals surface area contributed by atoms with Gasteiger partial charge in [-0.15, -0.1) is 11.8 Å². The van der Waals surface area contributed by atoms with Crippen LogP contribution in [0, 0.1) is 10.1 Å². The Morgan fingerprint density at radius 3 is 2.59 bits per heavy atom. The van der Waals surface area contributed by atoms with Crippen LogP contribution in [0.3, 0.4) is 0 Å². The summed E-state index contributed by atoms with van der Waals surface area (Å²) in [6.07, 6.45) is 2.01. The number of halogens is 1. The van der Waals surface area contributed by atoms with Crippen molar-refractivity contribution in [2.24, 2.45) is 0 Å². The fourth-order valence-corrected chi connectivity index (χ4v) is 4.22. The quantitative estimate of drug-likeness (QED) is 0.266. The second-order valence-electron chi connectivity index (χ2n) is 6.92. The summed E-state index contributed by atoms with van der Waals surface area (Å²) in [6, 6.07) is 10.5. The lowest BCUT2D eigenvalue weighted by Crippen LogP contribution is -2.29. The number of amides is 2. The number of benzene rings is 2. The number of anilines is 1. The molecule has 2 aromatic carbocycles. The van der Waals surface area contributed by atoms with E-state index in [1.807, 2.05) is 0 Å². The van der Waals surface area contributed by atoms with Crippen LogP contribution in [0.5, 0.6) is 0 Å². The maximum absolute atomic E-state index is 12.5. The van der Waals surface area contributed by atoms with Gasteiger partial charge in [0.2, 0.25) is 5.91 Å². The van der Waals surface area contributed by atoms with Crippen LogP contribution >= 0.6 is 23.4 Å². The smallest absolute Gasteiger partial charge is 0.339 e. The molecular formula is C21H20ClN3O6S. The van der Waals surface area contributed by atoms with E-state index < -0.39 is 23.4 Å². The van der Waals surface area contributed by atoms with Gasteiger partial charge in [-0.2, -0.15) is 0 Å². The zero-order chi connectivity index (χ0) is 23.1. The Bertz CT molecular complexity index is 1040. The first-order valence-electron chi connectivity index (χ1n) is 9.75. The van der Waals surface area contributed by atoms with Gasteiger partial charge >= 0.3 is 5.97 Å². The Balaban J connectivity index is 1.55. The number of carbonyl (C=O) groups is 3. The number of nitro groups is 1. The second-order valence-corrected chi connectivity index (χ2v) is 8.34. The van der Waals surface area contributed by atoms with Crippen molar-refractivity contribution < 1.29 is 24.0 Å². The predicted octanol–water partition coefficient (Wildman–Crippen LogP) is 3.76. The van der Waals surface area contributed by atoms with Crippen LogP contribution in [0.4, 0.5) is 11.4 Å². The van der Waals surface area contributed by atoms with E-state index in [0.29, 0.717) is 4.90 Å². The van der Waals surface area contributed by atoms with Crippen LogP contribution in [0.25, 0.3) is 0 Å². The third-order valence-electron chi connectivity index (χ3n) is 4.68. The molecule has 0 atom stereocenters. The highest BCUT2D eigenvalue weighted by molar-refractivity contribution is 8.00. The van der Waals surface area contributed by atoms with Crippen molar-refractivity contribution in [2.45, 2.75) is 17.7 Å². The van der Waals surface area contributed by atoms with Gasteiger partial charge in [0.15, 0.2) is 6.61 Å². The average molecular weight is 478 g/mol. The highest BCUT2D eigenvalue weighted by Gasteiger charge is 2.20. The third-order valence-corrected chi connectivity index (χ3v) is 6.06. The monoisotopic (exact) mass is 477 g/mol. The molecule has 11 heteroatoms. The maximum atomic E-state index is 12.5. The number of thioether (sulfide) groups is 1. The van der Waals surface area contributed by atoms with E-state index in [0.717, 1.165) is 32.0 Å². The number of rotatable bonds is 8. The molecule has 0 aromatic heterocycles. The third kappa shape index (κ3) is 6.21. The van der Waals surface area contributed by atoms with Crippen molar-refractivity contribution in [2.75, 3.05) is 30.8 Å². The molecule has 2 aromatic rings. The van der Waals surface area contributed by atoms with Gasteiger partial charge < -0.3 is 15.0 Å². The molecule has 1 aliphatic rings. The Morgan fingerprint density at radius 1 is 1.16 bits per heavy atom. The Hall–Kier alpha value is -3.11. The molecule has 0 saturated carbocycles. The molecule has 2 amide bonds. The number of carbonyl (C=O) groups excluding carboxylic acids is 3. The zero-order valence-corrected chi connectivity index (χ0v) is 18.5. The van der Waals surface area contributed by atoms with Crippen molar-refractivity contribution in [3.8, 4) is 0 Å². The Morgan fingerprint density at radius 2 is 1.88 bits per heavy atom. The predicted molar refractivity (Wildman–Crippen MR) is 120 cm³/mol. The van der Waals surface area contributed by atoms with Gasteiger partial charge in [0.25, 0.3) is 11.6 Å². The van der Waals surface area contributed by atoms with Crippen LogP contribution < -0.4 is 5.32 Å². The molecule has 1 aliphatic heterocycles. The largest absolute Gasteiger partial charge is 0.452 e. The van der Waals surface area contributed by atoms with Crippen molar-refractivity contribution in [3.63, 3.8) is 0 Å². The van der Waals surface area contributed by atoms with Gasteiger partial charge in [0.1, 0.15) is 5.02 Å². The normalized spacial score (nSPS) is 13.0. The van der Waals surface area contributed by atoms with Gasteiger partial charge in [-0.3, -0.25) is 19.7 Å². The molecule has 0 spiro atoms. The molecule has 1 saturated heterocycles. The highest BCUT2D eigenvalue weighted by Crippen LogP contribution is 2.27. The van der Waals surface area contributed by atoms with E-state index >= 15 is 0 Å². The summed E-state index contributed by atoms with van der Waals surface area (Å²) < 4.78 is 5.09. The van der Waals surface area contributed by atoms with Gasteiger partial charge in [-0.1, -0.05) is 23.7 Å². The van der Waals surface area contributed by atoms with Gasteiger partial charge in [0, 0.05) is 29.7 Å². The van der Waals surface area contributed by atoms with E-state index in [2.05, 4.69) is 5.32 Å². The van der Waals surface area contributed by atoms with Crippen molar-refractivity contribution >= 4 is 52.5 Å². The van der Waals surface area contributed by atoms with E-state index in [9.17, 15) is 24.5 Å². The lowest BCUT2D eigenvalue weighted by Gasteiger charge is -2.15. The van der Waals surface area contributed by atoms with Crippen molar-refractivity contribution in [1.82, 2.24) is 4.90 Å². The van der Waals surface area contributed by atoms with Crippen LogP contribution in [-0.2, 0) is 14.3 Å². The number of ether oxygens (including phenoxy) is 1. The minimum atomic E-state index is -0.709. The lowest BCUT2D eigenvalue weighted by atomic mass is 10.2. The molecule has 3 rings (SSSR count). The fourth-order valence-electron chi connectivity index (χ4n) is 3.09. The number of nitro benzene ring substituents is 1. The number of hydrogen-bond acceptors (Lipinski definition) is 7. The van der Waals surface area contributed by atoms with Crippen LogP contribution in [0.1, 0.15) is 23.2 Å². The summed E-state index contributed by atoms with van der Waals surface area (Å²) >= 11 is 6.99. The summed E-state index contributed by atoms with van der Waals surface area (Å²) in [7, 11) is 0. The first-order valence-corrected chi connectivity index (χ1v) is 11.1. The first kappa shape index (κ1) is 23.6. The maximum Gasteiger partial charge on any atom is 0.339 e. The SMILES string of the molecule is O=C(COC(=O)c1ccccc1SCC(=O)N1CCCC1)Nc1ccc(Cl)c([N+](=O)[O-])c1. The first-order chi connectivity index (χ1) is 15.3. The fraction of sp³-hybridized carbons (Fsp3) is 0.286. The second kappa shape index (κ2) is 11.0. The average Bonchev–Trinajstić information content (AvgIpc) is 3.32. The highest BCUT2D eigenvalue weighted by atomic mass is 35.5. The van der Waals surface area contributed by atoms with Crippen LogP contribution in [0.2, 0.25) is 5.02 Å². The molecule has 32 heavy (non-hydrogen) atoms. The molecule has 0 bridgehead atoms. The van der Waals surface area contributed by atoms with Gasteiger partial charge in [-0.25, -0.2) is 4.79 Å². The number of esters is 1. The minimum absolute atomic E-state index is 0.0205. The Kier molecular flexibility index (Phi) is 8.07. The van der Waals surface area contributed by atoms with E-state index in [4.69, 9.17) is 16.3 Å². The lowest BCUT2D eigenvalue weighted by molar-refractivity contribution is -0.384. The topological polar surface area (TPSA) is 119 Å². The number of likely N-dealkylation sites (tertiary alicyclic amines) is 1. The number of nitrogens with one attached hydrogen (secondary N) is 1. The standard InChI is InChI=1S/C21H20ClN3O6S/c22-16-8-7-14(11-17(16)25(29)30)23-19(26)12-31-21(28)15-5-1-2-6-18(15)32-13-20(27)24-9-3-4-10-24/h1-2,5-8,11H,3-4,9-10,12-13H2,(H,23,26). The number of hydrogen-bond donors (Lipinski definition) is 1. The summed E-state index contributed by atoms with van der Waals surface area (Å²) in [4.78, 5) is 49.5. The van der Waals surface area contributed by atoms with Crippen LogP contribution in [0.15, 0.2) is 47.4 Å². The molecule has 9 nitrogen and oxygen atoms in total.